The third-order valence-corrected chi connectivity index (χ3v) is 4.19. The van der Waals surface area contributed by atoms with Crippen molar-refractivity contribution in [1.82, 2.24) is 15.1 Å². The topological polar surface area (TPSA) is 90.1 Å². The number of carbonyl (C=O) groups is 1. The first-order chi connectivity index (χ1) is 13.7. The molecular weight excluding hydrogens is 389 g/mol. The summed E-state index contributed by atoms with van der Waals surface area (Å²) in [5.74, 6) is -1.03. The van der Waals surface area contributed by atoms with Crippen LogP contribution in [0, 0.1) is 17.0 Å². The first-order valence-electron chi connectivity index (χ1n) is 8.41. The van der Waals surface area contributed by atoms with Crippen LogP contribution in [0.1, 0.15) is 27.2 Å². The summed E-state index contributed by atoms with van der Waals surface area (Å²) in [5, 5.41) is 17.1. The van der Waals surface area contributed by atoms with Crippen LogP contribution in [0.3, 0.4) is 0 Å². The SMILES string of the molecule is Cc1ccc(-n2ncc(C(=O)NCc3ccccc3[N+](=O)[O-])c2C(F)(F)F)cc1. The number of halogens is 3. The Morgan fingerprint density at radius 1 is 1.17 bits per heavy atom. The van der Waals surface area contributed by atoms with Crippen molar-refractivity contribution in [3.8, 4) is 5.69 Å². The van der Waals surface area contributed by atoms with Crippen molar-refractivity contribution in [3.05, 3.63) is 87.2 Å². The number of carbonyl (C=O) groups excluding carboxylic acids is 1. The molecule has 1 heterocycles. The van der Waals surface area contributed by atoms with Crippen LogP contribution in [0.5, 0.6) is 0 Å². The molecule has 0 saturated heterocycles. The van der Waals surface area contributed by atoms with E-state index in [4.69, 9.17) is 0 Å². The Morgan fingerprint density at radius 3 is 2.45 bits per heavy atom. The number of hydrogen-bond donors (Lipinski definition) is 1. The number of rotatable bonds is 5. The van der Waals surface area contributed by atoms with E-state index in [0.717, 1.165) is 11.8 Å². The van der Waals surface area contributed by atoms with Crippen molar-refractivity contribution in [2.75, 3.05) is 0 Å². The minimum atomic E-state index is -4.84. The van der Waals surface area contributed by atoms with Gasteiger partial charge in [0, 0.05) is 18.2 Å². The number of nitro benzene ring substituents is 1. The average molecular weight is 404 g/mol. The zero-order chi connectivity index (χ0) is 21.2. The van der Waals surface area contributed by atoms with Gasteiger partial charge in [0.2, 0.25) is 0 Å². The van der Waals surface area contributed by atoms with Crippen molar-refractivity contribution in [2.24, 2.45) is 0 Å². The molecule has 0 aliphatic rings. The van der Waals surface area contributed by atoms with Crippen molar-refractivity contribution in [3.63, 3.8) is 0 Å². The quantitative estimate of drug-likeness (QED) is 0.513. The van der Waals surface area contributed by atoms with Gasteiger partial charge in [0.25, 0.3) is 11.6 Å². The molecule has 1 N–H and O–H groups in total. The van der Waals surface area contributed by atoms with E-state index in [9.17, 15) is 28.1 Å². The number of nitro groups is 1. The molecule has 0 bridgehead atoms. The zero-order valence-corrected chi connectivity index (χ0v) is 15.1. The van der Waals surface area contributed by atoms with Gasteiger partial charge in [-0.3, -0.25) is 14.9 Å². The van der Waals surface area contributed by atoms with Gasteiger partial charge in [-0.2, -0.15) is 18.3 Å². The van der Waals surface area contributed by atoms with E-state index >= 15 is 0 Å². The number of benzene rings is 2. The van der Waals surface area contributed by atoms with Gasteiger partial charge in [0.05, 0.1) is 22.4 Å². The molecule has 0 radical (unpaired) electrons. The van der Waals surface area contributed by atoms with Crippen LogP contribution >= 0.6 is 0 Å². The van der Waals surface area contributed by atoms with E-state index in [1.807, 2.05) is 0 Å². The number of nitrogens with zero attached hydrogens (tertiary/aromatic N) is 3. The number of aryl methyl sites for hydroxylation is 1. The molecule has 0 atom stereocenters. The van der Waals surface area contributed by atoms with Crippen molar-refractivity contribution < 1.29 is 22.9 Å². The summed E-state index contributed by atoms with van der Waals surface area (Å²) in [6.45, 7) is 1.49. The first kappa shape index (κ1) is 20.1. The first-order valence-corrected chi connectivity index (χ1v) is 8.41. The number of para-hydroxylation sites is 1. The molecule has 150 valence electrons. The van der Waals surface area contributed by atoms with Crippen molar-refractivity contribution in [2.45, 2.75) is 19.6 Å². The van der Waals surface area contributed by atoms with E-state index in [1.54, 1.807) is 19.1 Å². The Hall–Kier alpha value is -3.69. The molecule has 0 aliphatic heterocycles. The summed E-state index contributed by atoms with van der Waals surface area (Å²) >= 11 is 0. The Balaban J connectivity index is 1.92. The minimum absolute atomic E-state index is 0.153. The van der Waals surface area contributed by atoms with Gasteiger partial charge in [0.15, 0.2) is 5.69 Å². The van der Waals surface area contributed by atoms with Gasteiger partial charge in [0.1, 0.15) is 0 Å². The fourth-order valence-corrected chi connectivity index (χ4v) is 2.78. The monoisotopic (exact) mass is 404 g/mol. The van der Waals surface area contributed by atoms with Crippen molar-refractivity contribution in [1.29, 1.82) is 0 Å². The molecule has 0 saturated carbocycles. The largest absolute Gasteiger partial charge is 0.434 e. The van der Waals surface area contributed by atoms with Crippen LogP contribution in [-0.4, -0.2) is 20.6 Å². The lowest BCUT2D eigenvalue weighted by Gasteiger charge is -2.13. The predicted molar refractivity (Wildman–Crippen MR) is 97.6 cm³/mol. The molecule has 0 aliphatic carbocycles. The van der Waals surface area contributed by atoms with Gasteiger partial charge in [-0.1, -0.05) is 35.9 Å². The Kier molecular flexibility index (Phi) is 5.35. The molecule has 0 fully saturated rings. The Bertz CT molecular complexity index is 1060. The predicted octanol–water partition coefficient (Wildman–Crippen LogP) is 4.04. The summed E-state index contributed by atoms with van der Waals surface area (Å²) in [5.41, 5.74) is -0.944. The zero-order valence-electron chi connectivity index (χ0n) is 15.1. The molecule has 1 amide bonds. The van der Waals surface area contributed by atoms with E-state index in [2.05, 4.69) is 10.4 Å². The van der Waals surface area contributed by atoms with Gasteiger partial charge in [-0.15, -0.1) is 0 Å². The lowest BCUT2D eigenvalue weighted by molar-refractivity contribution is -0.385. The van der Waals surface area contributed by atoms with E-state index in [-0.39, 0.29) is 23.5 Å². The Labute approximate surface area is 162 Å². The van der Waals surface area contributed by atoms with E-state index in [1.165, 1.54) is 36.4 Å². The second-order valence-corrected chi connectivity index (χ2v) is 6.22. The van der Waals surface area contributed by atoms with Gasteiger partial charge in [-0.25, -0.2) is 4.68 Å². The second-order valence-electron chi connectivity index (χ2n) is 6.22. The van der Waals surface area contributed by atoms with Crippen LogP contribution in [0.15, 0.2) is 54.7 Å². The smallest absolute Gasteiger partial charge is 0.348 e. The fourth-order valence-electron chi connectivity index (χ4n) is 2.78. The van der Waals surface area contributed by atoms with Crippen LogP contribution in [0.2, 0.25) is 0 Å². The van der Waals surface area contributed by atoms with Crippen LogP contribution < -0.4 is 5.32 Å². The maximum atomic E-state index is 13.7. The number of hydrogen-bond acceptors (Lipinski definition) is 4. The number of aromatic nitrogens is 2. The molecule has 0 unspecified atom stereocenters. The molecular formula is C19H15F3N4O3. The highest BCUT2D eigenvalue weighted by Gasteiger charge is 2.40. The normalized spacial score (nSPS) is 11.3. The lowest BCUT2D eigenvalue weighted by Crippen LogP contribution is -2.26. The third-order valence-electron chi connectivity index (χ3n) is 4.19. The maximum Gasteiger partial charge on any atom is 0.434 e. The minimum Gasteiger partial charge on any atom is -0.348 e. The molecule has 2 aromatic carbocycles. The molecule has 1 aromatic heterocycles. The summed E-state index contributed by atoms with van der Waals surface area (Å²) in [7, 11) is 0. The van der Waals surface area contributed by atoms with Gasteiger partial charge < -0.3 is 5.32 Å². The van der Waals surface area contributed by atoms with Gasteiger partial charge >= 0.3 is 6.18 Å². The second kappa shape index (κ2) is 7.74. The Morgan fingerprint density at radius 2 is 1.83 bits per heavy atom. The summed E-state index contributed by atoms with van der Waals surface area (Å²) in [6, 6.07) is 11.8. The third kappa shape index (κ3) is 4.26. The fraction of sp³-hybridized carbons (Fsp3) is 0.158. The molecule has 3 rings (SSSR count). The van der Waals surface area contributed by atoms with Gasteiger partial charge in [-0.05, 0) is 19.1 Å². The van der Waals surface area contributed by atoms with Crippen LogP contribution in [0.4, 0.5) is 18.9 Å². The summed E-state index contributed by atoms with van der Waals surface area (Å²) in [4.78, 5) is 22.8. The lowest BCUT2D eigenvalue weighted by atomic mass is 10.1. The van der Waals surface area contributed by atoms with E-state index in [0.29, 0.717) is 4.68 Å². The summed E-state index contributed by atoms with van der Waals surface area (Å²) in [6.07, 6.45) is -4.01. The van der Waals surface area contributed by atoms with Crippen molar-refractivity contribution >= 4 is 11.6 Å². The standard InChI is InChI=1S/C19H15F3N4O3/c1-12-6-8-14(9-7-12)25-17(19(20,21)22)15(11-24-25)18(27)23-10-13-4-2-3-5-16(13)26(28)29/h2-9,11H,10H2,1H3,(H,23,27). The number of nitrogens with one attached hydrogen (secondary N) is 1. The molecule has 7 nitrogen and oxygen atoms in total. The number of alkyl halides is 3. The van der Waals surface area contributed by atoms with E-state index < -0.39 is 28.3 Å². The molecule has 0 spiro atoms. The maximum absolute atomic E-state index is 13.7. The number of amides is 1. The highest BCUT2D eigenvalue weighted by Crippen LogP contribution is 2.33. The summed E-state index contributed by atoms with van der Waals surface area (Å²) < 4.78 is 41.7. The van der Waals surface area contributed by atoms with Crippen LogP contribution in [-0.2, 0) is 12.7 Å². The highest BCUT2D eigenvalue weighted by molar-refractivity contribution is 5.95. The molecule has 29 heavy (non-hydrogen) atoms. The molecule has 10 heteroatoms. The average Bonchev–Trinajstić information content (AvgIpc) is 3.12. The molecule has 3 aromatic rings. The van der Waals surface area contributed by atoms with Crippen LogP contribution in [0.25, 0.3) is 5.69 Å². The highest BCUT2D eigenvalue weighted by atomic mass is 19.4.